The van der Waals surface area contributed by atoms with Crippen molar-refractivity contribution in [1.82, 2.24) is 5.01 Å². The number of nitrogens with zero attached hydrogens (tertiary/aromatic N) is 2. The second kappa shape index (κ2) is 5.89. The summed E-state index contributed by atoms with van der Waals surface area (Å²) in [7, 11) is 0. The van der Waals surface area contributed by atoms with Gasteiger partial charge in [-0.1, -0.05) is 12.2 Å². The molecule has 4 atom stereocenters. The zero-order chi connectivity index (χ0) is 16.7. The Bertz CT molecular complexity index is 691. The molecule has 2 amide bonds. The Morgan fingerprint density at radius 3 is 2.17 bits per heavy atom. The van der Waals surface area contributed by atoms with Gasteiger partial charge in [-0.25, -0.2) is 0 Å². The van der Waals surface area contributed by atoms with E-state index in [0.29, 0.717) is 6.61 Å². The van der Waals surface area contributed by atoms with E-state index in [9.17, 15) is 9.59 Å². The summed E-state index contributed by atoms with van der Waals surface area (Å²) >= 11 is 0. The summed E-state index contributed by atoms with van der Waals surface area (Å²) in [5.74, 6) is 0.468. The number of hydrazone groups is 1. The number of imide groups is 1. The molecule has 1 aromatic carbocycles. The molecule has 0 N–H and O–H groups in total. The molecule has 0 radical (unpaired) electrons. The molecular weight excluding hydrogens is 304 g/mol. The van der Waals surface area contributed by atoms with Gasteiger partial charge in [-0.15, -0.1) is 0 Å². The number of hydrogen-bond donors (Lipinski definition) is 0. The summed E-state index contributed by atoms with van der Waals surface area (Å²) in [5, 5.41) is 5.28. The van der Waals surface area contributed by atoms with Gasteiger partial charge in [0.15, 0.2) is 0 Å². The van der Waals surface area contributed by atoms with Crippen LogP contribution in [0.5, 0.6) is 5.75 Å². The van der Waals surface area contributed by atoms with Crippen molar-refractivity contribution in [1.29, 1.82) is 0 Å². The number of amides is 2. The van der Waals surface area contributed by atoms with Gasteiger partial charge in [-0.3, -0.25) is 9.59 Å². The lowest BCUT2D eigenvalue weighted by atomic mass is 9.63. The molecule has 5 rings (SSSR count). The fourth-order valence-corrected chi connectivity index (χ4v) is 4.11. The Balaban J connectivity index is 1.53. The summed E-state index contributed by atoms with van der Waals surface area (Å²) < 4.78 is 5.40. The first-order valence-electron chi connectivity index (χ1n) is 8.52. The van der Waals surface area contributed by atoms with Gasteiger partial charge < -0.3 is 4.74 Å². The van der Waals surface area contributed by atoms with E-state index in [2.05, 4.69) is 17.3 Å². The minimum Gasteiger partial charge on any atom is -0.494 e. The van der Waals surface area contributed by atoms with E-state index in [-0.39, 0.29) is 35.5 Å². The minimum atomic E-state index is -0.210. The lowest BCUT2D eigenvalue weighted by Gasteiger charge is -2.37. The highest BCUT2D eigenvalue weighted by Gasteiger charge is 2.56. The van der Waals surface area contributed by atoms with Crippen LogP contribution in [0.15, 0.2) is 41.5 Å². The SMILES string of the molecule is CCOc1ccc(/C=N\N2C(=O)[C@@H]3[C@H](C2=O)[C@H]2C=C[C@H]3CC2)cc1. The second-order valence-corrected chi connectivity index (χ2v) is 6.58. The topological polar surface area (TPSA) is 59.0 Å². The number of carbonyl (C=O) groups is 2. The van der Waals surface area contributed by atoms with Crippen molar-refractivity contribution >= 4 is 18.0 Å². The molecule has 1 heterocycles. The summed E-state index contributed by atoms with van der Waals surface area (Å²) in [5.41, 5.74) is 0.829. The number of allylic oxidation sites excluding steroid dienone is 2. The standard InChI is InChI=1S/C19H20N2O3/c1-2-24-15-9-3-12(4-10-15)11-20-21-18(22)16-13-5-6-14(8-7-13)17(16)19(21)23/h3-6,9-11,13-14,16-17H,2,7-8H2,1H3/b20-11-/t13-,14-,16-,17+/m0/s1. The maximum atomic E-state index is 12.6. The second-order valence-electron chi connectivity index (χ2n) is 6.58. The van der Waals surface area contributed by atoms with Crippen LogP contribution in [-0.4, -0.2) is 29.6 Å². The van der Waals surface area contributed by atoms with Gasteiger partial charge in [0.2, 0.25) is 0 Å². The first-order valence-corrected chi connectivity index (χ1v) is 8.52. The fraction of sp³-hybridized carbons (Fsp3) is 0.421. The van der Waals surface area contributed by atoms with Crippen LogP contribution in [0.25, 0.3) is 0 Å². The number of carbonyl (C=O) groups excluding carboxylic acids is 2. The molecule has 0 spiro atoms. The highest BCUT2D eigenvalue weighted by Crippen LogP contribution is 2.49. The Morgan fingerprint density at radius 1 is 1.08 bits per heavy atom. The molecule has 0 unspecified atom stereocenters. The molecule has 24 heavy (non-hydrogen) atoms. The van der Waals surface area contributed by atoms with Gasteiger partial charge in [0.05, 0.1) is 24.7 Å². The van der Waals surface area contributed by atoms with Crippen molar-refractivity contribution in [3.05, 3.63) is 42.0 Å². The van der Waals surface area contributed by atoms with Crippen LogP contribution in [0.4, 0.5) is 0 Å². The van der Waals surface area contributed by atoms with E-state index in [4.69, 9.17) is 4.74 Å². The van der Waals surface area contributed by atoms with E-state index in [0.717, 1.165) is 29.2 Å². The molecule has 1 saturated carbocycles. The molecule has 5 heteroatoms. The smallest absolute Gasteiger partial charge is 0.254 e. The molecule has 2 fully saturated rings. The molecule has 3 aliphatic carbocycles. The average molecular weight is 324 g/mol. The van der Waals surface area contributed by atoms with Crippen molar-refractivity contribution in [2.75, 3.05) is 6.61 Å². The molecule has 4 aliphatic rings. The molecule has 1 aliphatic heterocycles. The zero-order valence-corrected chi connectivity index (χ0v) is 13.6. The van der Waals surface area contributed by atoms with Gasteiger partial charge >= 0.3 is 0 Å². The van der Waals surface area contributed by atoms with Gasteiger partial charge in [-0.2, -0.15) is 10.1 Å². The van der Waals surface area contributed by atoms with E-state index < -0.39 is 0 Å². The quantitative estimate of drug-likeness (QED) is 0.486. The number of ether oxygens (including phenoxy) is 1. The molecule has 5 nitrogen and oxygen atoms in total. The summed E-state index contributed by atoms with van der Waals surface area (Å²) in [6.07, 6.45) is 7.79. The maximum Gasteiger partial charge on any atom is 0.254 e. The van der Waals surface area contributed by atoms with Gasteiger partial charge in [-0.05, 0) is 61.4 Å². The van der Waals surface area contributed by atoms with Gasteiger partial charge in [0, 0.05) is 0 Å². The van der Waals surface area contributed by atoms with Crippen LogP contribution in [0.2, 0.25) is 0 Å². The lowest BCUT2D eigenvalue weighted by molar-refractivity contribution is -0.140. The van der Waals surface area contributed by atoms with Crippen molar-refractivity contribution in [3.63, 3.8) is 0 Å². The minimum absolute atomic E-state index is 0.147. The number of benzene rings is 1. The first kappa shape index (κ1) is 15.1. The van der Waals surface area contributed by atoms with Crippen molar-refractivity contribution in [2.45, 2.75) is 19.8 Å². The third-order valence-electron chi connectivity index (χ3n) is 5.25. The van der Waals surface area contributed by atoms with Crippen LogP contribution in [0.1, 0.15) is 25.3 Å². The number of hydrogen-bond acceptors (Lipinski definition) is 4. The van der Waals surface area contributed by atoms with Crippen LogP contribution in [0, 0.1) is 23.7 Å². The largest absolute Gasteiger partial charge is 0.494 e. The zero-order valence-electron chi connectivity index (χ0n) is 13.6. The first-order chi connectivity index (χ1) is 11.7. The van der Waals surface area contributed by atoms with Crippen molar-refractivity contribution < 1.29 is 14.3 Å². The Hall–Kier alpha value is -2.43. The van der Waals surface area contributed by atoms with Gasteiger partial charge in [0.1, 0.15) is 5.75 Å². The molecular formula is C19H20N2O3. The normalized spacial score (nSPS) is 31.1. The van der Waals surface area contributed by atoms with Crippen LogP contribution in [0.3, 0.4) is 0 Å². The Labute approximate surface area is 141 Å². The monoisotopic (exact) mass is 324 g/mol. The summed E-state index contributed by atoms with van der Waals surface area (Å²) in [4.78, 5) is 25.3. The van der Waals surface area contributed by atoms with Crippen LogP contribution >= 0.6 is 0 Å². The van der Waals surface area contributed by atoms with Gasteiger partial charge in [0.25, 0.3) is 11.8 Å². The van der Waals surface area contributed by atoms with Crippen molar-refractivity contribution in [2.24, 2.45) is 28.8 Å². The third-order valence-corrected chi connectivity index (χ3v) is 5.25. The summed E-state index contributed by atoms with van der Waals surface area (Å²) in [6.45, 7) is 2.55. The third kappa shape index (κ3) is 2.35. The molecule has 124 valence electrons. The molecule has 1 saturated heterocycles. The highest BCUT2D eigenvalue weighted by atomic mass is 16.5. The van der Waals surface area contributed by atoms with Crippen molar-refractivity contribution in [3.8, 4) is 5.75 Å². The predicted molar refractivity (Wildman–Crippen MR) is 89.4 cm³/mol. The average Bonchev–Trinajstić information content (AvgIpc) is 2.89. The summed E-state index contributed by atoms with van der Waals surface area (Å²) in [6, 6.07) is 7.42. The molecule has 1 aromatic rings. The lowest BCUT2D eigenvalue weighted by Crippen LogP contribution is -2.38. The van der Waals surface area contributed by atoms with Crippen LogP contribution < -0.4 is 4.74 Å². The van der Waals surface area contributed by atoms with E-state index in [1.807, 2.05) is 31.2 Å². The number of fused-ring (bicyclic) bond motifs is 1. The highest BCUT2D eigenvalue weighted by molar-refractivity contribution is 6.06. The Morgan fingerprint density at radius 2 is 1.67 bits per heavy atom. The van der Waals surface area contributed by atoms with Crippen LogP contribution in [-0.2, 0) is 9.59 Å². The fourth-order valence-electron chi connectivity index (χ4n) is 4.11. The number of rotatable bonds is 4. The predicted octanol–water partition coefficient (Wildman–Crippen LogP) is 2.62. The van der Waals surface area contributed by atoms with E-state index >= 15 is 0 Å². The van der Waals surface area contributed by atoms with E-state index in [1.54, 1.807) is 6.21 Å². The maximum absolute atomic E-state index is 12.6. The molecule has 0 aromatic heterocycles. The molecule has 2 bridgehead atoms. The van der Waals surface area contributed by atoms with E-state index in [1.165, 1.54) is 0 Å². The Kier molecular flexibility index (Phi) is 3.71.